The Morgan fingerprint density at radius 1 is 1.00 bits per heavy atom. The van der Waals surface area contributed by atoms with Crippen molar-refractivity contribution in [2.24, 2.45) is 0 Å². The van der Waals surface area contributed by atoms with Gasteiger partial charge in [0, 0.05) is 24.4 Å². The molecule has 3 aromatic carbocycles. The van der Waals surface area contributed by atoms with Gasteiger partial charge in [-0.15, -0.1) is 0 Å². The van der Waals surface area contributed by atoms with Crippen molar-refractivity contribution in [2.75, 3.05) is 23.5 Å². The highest BCUT2D eigenvalue weighted by Gasteiger charge is 2.24. The highest BCUT2D eigenvalue weighted by Crippen LogP contribution is 2.34. The molecule has 7 nitrogen and oxygen atoms in total. The normalized spacial score (nSPS) is 12.5. The standard InChI is InChI=1S/C21H17FN2O5S/c1-24(18-8-3-2-7-17(18)22)30(26,27)16-6-4-5-14(11-16)21(25)23-15-9-10-19-20(12-15)29-13-28-19/h2-12H,13H2,1H3,(H,23,25). The molecule has 1 heterocycles. The lowest BCUT2D eigenvalue weighted by Gasteiger charge is -2.20. The molecule has 0 radical (unpaired) electrons. The number of sulfonamides is 1. The van der Waals surface area contributed by atoms with E-state index in [2.05, 4.69) is 5.32 Å². The van der Waals surface area contributed by atoms with Gasteiger partial charge >= 0.3 is 0 Å². The van der Waals surface area contributed by atoms with E-state index in [1.54, 1.807) is 24.3 Å². The van der Waals surface area contributed by atoms with Gasteiger partial charge in [-0.1, -0.05) is 18.2 Å². The summed E-state index contributed by atoms with van der Waals surface area (Å²) in [7, 11) is -2.82. The molecule has 1 aliphatic rings. The first-order valence-electron chi connectivity index (χ1n) is 8.91. The maximum Gasteiger partial charge on any atom is 0.264 e. The molecule has 0 saturated heterocycles. The lowest BCUT2D eigenvalue weighted by molar-refractivity contribution is 0.102. The summed E-state index contributed by atoms with van der Waals surface area (Å²) in [6, 6.07) is 16.0. The molecule has 4 rings (SSSR count). The Bertz CT molecular complexity index is 1230. The van der Waals surface area contributed by atoms with E-state index in [1.807, 2.05) is 0 Å². The summed E-state index contributed by atoms with van der Waals surface area (Å²) in [6.45, 7) is 0.113. The van der Waals surface area contributed by atoms with Crippen LogP contribution in [0, 0.1) is 5.82 Å². The van der Waals surface area contributed by atoms with E-state index in [4.69, 9.17) is 9.47 Å². The van der Waals surface area contributed by atoms with Gasteiger partial charge in [-0.2, -0.15) is 0 Å². The number of fused-ring (bicyclic) bond motifs is 1. The van der Waals surface area contributed by atoms with Crippen molar-refractivity contribution < 1.29 is 27.1 Å². The summed E-state index contributed by atoms with van der Waals surface area (Å²) >= 11 is 0. The van der Waals surface area contributed by atoms with Crippen LogP contribution in [0.1, 0.15) is 10.4 Å². The van der Waals surface area contributed by atoms with Gasteiger partial charge in [0.25, 0.3) is 15.9 Å². The van der Waals surface area contributed by atoms with E-state index in [1.165, 1.54) is 49.5 Å². The van der Waals surface area contributed by atoms with Gasteiger partial charge in [-0.05, 0) is 42.5 Å². The van der Waals surface area contributed by atoms with E-state index < -0.39 is 21.7 Å². The summed E-state index contributed by atoms with van der Waals surface area (Å²) in [5.74, 6) is -0.0762. The predicted octanol–water partition coefficient (Wildman–Crippen LogP) is 3.63. The minimum absolute atomic E-state index is 0.0901. The van der Waals surface area contributed by atoms with Gasteiger partial charge in [0.2, 0.25) is 6.79 Å². The molecule has 0 atom stereocenters. The van der Waals surface area contributed by atoms with Crippen LogP contribution in [0.15, 0.2) is 71.6 Å². The molecular weight excluding hydrogens is 411 g/mol. The second-order valence-corrected chi connectivity index (χ2v) is 8.44. The SMILES string of the molecule is CN(c1ccccc1F)S(=O)(=O)c1cccc(C(=O)Nc2ccc3c(c2)OCO3)c1. The molecule has 0 aromatic heterocycles. The van der Waals surface area contributed by atoms with E-state index >= 15 is 0 Å². The Labute approximate surface area is 172 Å². The van der Waals surface area contributed by atoms with Crippen molar-refractivity contribution in [3.63, 3.8) is 0 Å². The van der Waals surface area contributed by atoms with Crippen LogP contribution in [0.5, 0.6) is 11.5 Å². The van der Waals surface area contributed by atoms with Gasteiger partial charge in [0.15, 0.2) is 11.5 Å². The average Bonchev–Trinajstić information content (AvgIpc) is 3.21. The molecule has 154 valence electrons. The van der Waals surface area contributed by atoms with Crippen LogP contribution < -0.4 is 19.1 Å². The molecule has 1 aliphatic heterocycles. The van der Waals surface area contributed by atoms with Crippen molar-refractivity contribution in [3.05, 3.63) is 78.1 Å². The molecule has 1 amide bonds. The lowest BCUT2D eigenvalue weighted by atomic mass is 10.2. The summed E-state index contributed by atoms with van der Waals surface area (Å²) in [6.07, 6.45) is 0. The van der Waals surface area contributed by atoms with Gasteiger partial charge in [0.05, 0.1) is 10.6 Å². The Balaban J connectivity index is 1.59. The number of hydrogen-bond acceptors (Lipinski definition) is 5. The number of anilines is 2. The number of rotatable bonds is 5. The maximum absolute atomic E-state index is 14.0. The number of carbonyl (C=O) groups is 1. The first-order valence-corrected chi connectivity index (χ1v) is 10.3. The zero-order valence-electron chi connectivity index (χ0n) is 15.8. The fourth-order valence-corrected chi connectivity index (χ4v) is 4.22. The number of hydrogen-bond donors (Lipinski definition) is 1. The molecule has 3 aromatic rings. The molecule has 0 bridgehead atoms. The second kappa shape index (κ2) is 7.68. The molecule has 30 heavy (non-hydrogen) atoms. The van der Waals surface area contributed by atoms with E-state index in [9.17, 15) is 17.6 Å². The van der Waals surface area contributed by atoms with Crippen LogP contribution in [-0.2, 0) is 10.0 Å². The minimum Gasteiger partial charge on any atom is -0.454 e. The van der Waals surface area contributed by atoms with E-state index in [-0.39, 0.29) is 22.9 Å². The molecule has 0 fully saturated rings. The first-order chi connectivity index (χ1) is 14.4. The largest absolute Gasteiger partial charge is 0.454 e. The molecular formula is C21H17FN2O5S. The average molecular weight is 428 g/mol. The Kier molecular flexibility index (Phi) is 5.04. The molecule has 9 heteroatoms. The number of nitrogens with zero attached hydrogens (tertiary/aromatic N) is 1. The van der Waals surface area contributed by atoms with Crippen LogP contribution in [0.25, 0.3) is 0 Å². The van der Waals surface area contributed by atoms with Crippen molar-refractivity contribution in [1.82, 2.24) is 0 Å². The summed E-state index contributed by atoms with van der Waals surface area (Å²) in [5.41, 5.74) is 0.518. The number of carbonyl (C=O) groups excluding carboxylic acids is 1. The zero-order chi connectivity index (χ0) is 21.3. The molecule has 0 aliphatic carbocycles. The highest BCUT2D eigenvalue weighted by molar-refractivity contribution is 7.92. The number of amides is 1. The van der Waals surface area contributed by atoms with Gasteiger partial charge < -0.3 is 14.8 Å². The summed E-state index contributed by atoms with van der Waals surface area (Å²) in [5, 5.41) is 2.69. The highest BCUT2D eigenvalue weighted by atomic mass is 32.2. The van der Waals surface area contributed by atoms with Crippen molar-refractivity contribution in [1.29, 1.82) is 0 Å². The number of para-hydroxylation sites is 1. The third-order valence-corrected chi connectivity index (χ3v) is 6.34. The second-order valence-electron chi connectivity index (χ2n) is 6.47. The van der Waals surface area contributed by atoms with Crippen molar-refractivity contribution in [2.45, 2.75) is 4.90 Å². The van der Waals surface area contributed by atoms with Crippen LogP contribution in [0.3, 0.4) is 0 Å². The smallest absolute Gasteiger partial charge is 0.264 e. The number of ether oxygens (including phenoxy) is 2. The van der Waals surface area contributed by atoms with E-state index in [0.717, 1.165) is 4.31 Å². The van der Waals surface area contributed by atoms with Gasteiger partial charge in [0.1, 0.15) is 5.82 Å². The van der Waals surface area contributed by atoms with Crippen molar-refractivity contribution in [3.8, 4) is 11.5 Å². The third kappa shape index (κ3) is 3.67. The van der Waals surface area contributed by atoms with Crippen LogP contribution in [0.4, 0.5) is 15.8 Å². The maximum atomic E-state index is 14.0. The first kappa shape index (κ1) is 19.7. The molecule has 1 N–H and O–H groups in total. The van der Waals surface area contributed by atoms with Crippen LogP contribution >= 0.6 is 0 Å². The lowest BCUT2D eigenvalue weighted by Crippen LogP contribution is -2.27. The third-order valence-electron chi connectivity index (χ3n) is 4.58. The number of halogens is 1. The van der Waals surface area contributed by atoms with Crippen molar-refractivity contribution >= 4 is 27.3 Å². The van der Waals surface area contributed by atoms with Crippen LogP contribution in [0.2, 0.25) is 0 Å². The van der Waals surface area contributed by atoms with E-state index in [0.29, 0.717) is 17.2 Å². The number of benzene rings is 3. The Morgan fingerprint density at radius 3 is 2.57 bits per heavy atom. The van der Waals surface area contributed by atoms with Crippen LogP contribution in [-0.4, -0.2) is 28.2 Å². The topological polar surface area (TPSA) is 84.9 Å². The summed E-state index contributed by atoms with van der Waals surface area (Å²) < 4.78 is 51.3. The zero-order valence-corrected chi connectivity index (χ0v) is 16.6. The predicted molar refractivity (Wildman–Crippen MR) is 109 cm³/mol. The fourth-order valence-electron chi connectivity index (χ4n) is 2.97. The fraction of sp³-hybridized carbons (Fsp3) is 0.0952. The van der Waals surface area contributed by atoms with Gasteiger partial charge in [-0.3, -0.25) is 9.10 Å². The van der Waals surface area contributed by atoms with Gasteiger partial charge in [-0.25, -0.2) is 12.8 Å². The molecule has 0 unspecified atom stereocenters. The summed E-state index contributed by atoms with van der Waals surface area (Å²) in [4.78, 5) is 12.5. The molecule has 0 saturated carbocycles. The Morgan fingerprint density at radius 2 is 1.77 bits per heavy atom. The number of nitrogens with one attached hydrogen (secondary N) is 1. The quantitative estimate of drug-likeness (QED) is 0.671. The molecule has 0 spiro atoms. The Hall–Kier alpha value is -3.59. The monoisotopic (exact) mass is 428 g/mol. The minimum atomic E-state index is -4.07.